The van der Waals surface area contributed by atoms with Crippen LogP contribution < -0.4 is 0 Å². The van der Waals surface area contributed by atoms with Crippen molar-refractivity contribution in [2.45, 2.75) is 60.1 Å². The molecule has 27 heavy (non-hydrogen) atoms. The second kappa shape index (κ2) is 10.8. The molecule has 4 heteroatoms. The van der Waals surface area contributed by atoms with Gasteiger partial charge < -0.3 is 4.57 Å². The predicted octanol–water partition coefficient (Wildman–Crippen LogP) is 8.04. The first-order valence-corrected chi connectivity index (χ1v) is 9.60. The van der Waals surface area contributed by atoms with E-state index in [0.717, 1.165) is 29.0 Å². The molecule has 0 fully saturated rings. The lowest BCUT2D eigenvalue weighted by Crippen LogP contribution is -2.05. The number of benzene rings is 2. The van der Waals surface area contributed by atoms with Gasteiger partial charge in [0.2, 0.25) is 0 Å². The number of rotatable bonds is 2. The molecule has 0 unspecified atom stereocenters. The maximum Gasteiger partial charge on any atom is 0.416 e. The molecule has 148 valence electrons. The zero-order valence-electron chi connectivity index (χ0n) is 16.9. The van der Waals surface area contributed by atoms with Gasteiger partial charge >= 0.3 is 6.18 Å². The quantitative estimate of drug-likeness (QED) is 0.426. The minimum atomic E-state index is -4.33. The van der Waals surface area contributed by atoms with Gasteiger partial charge in [0.1, 0.15) is 0 Å². The number of nitrogens with zero attached hydrogens (tertiary/aromatic N) is 1. The number of hydrogen-bond donors (Lipinski definition) is 0. The van der Waals surface area contributed by atoms with Gasteiger partial charge in [-0.15, -0.1) is 0 Å². The largest absolute Gasteiger partial charge is 0.416 e. The molecule has 0 aliphatic carbocycles. The van der Waals surface area contributed by atoms with Gasteiger partial charge in [-0.1, -0.05) is 71.7 Å². The van der Waals surface area contributed by atoms with E-state index in [9.17, 15) is 13.2 Å². The standard InChI is InChI=1S/C17H14F3N.2C3H8/c1-2-12-11-21(16-9-4-3-8-15(12)16)14-7-5-6-13(10-14)17(18,19)20;2*1-3-2/h3-11H,2H2,1H3;2*3H2,1-2H3. The number of fused-ring (bicyclic) bond motifs is 1. The van der Waals surface area contributed by atoms with E-state index in [1.807, 2.05) is 42.0 Å². The van der Waals surface area contributed by atoms with E-state index in [1.165, 1.54) is 25.0 Å². The molecule has 3 rings (SSSR count). The molecule has 0 aliphatic heterocycles. The van der Waals surface area contributed by atoms with E-state index < -0.39 is 11.7 Å². The Bertz CT molecular complexity index is 814. The zero-order valence-corrected chi connectivity index (χ0v) is 16.9. The highest BCUT2D eigenvalue weighted by atomic mass is 19.4. The summed E-state index contributed by atoms with van der Waals surface area (Å²) in [6, 6.07) is 13.2. The van der Waals surface area contributed by atoms with E-state index in [0.29, 0.717) is 5.69 Å². The Hall–Kier alpha value is -2.23. The summed E-state index contributed by atoms with van der Waals surface area (Å²) >= 11 is 0. The summed E-state index contributed by atoms with van der Waals surface area (Å²) in [5.74, 6) is 0. The SMILES string of the molecule is CCC.CCC.CCc1cn(-c2cccc(C(F)(F)F)c2)c2ccccc12. The first-order chi connectivity index (χ1) is 12.8. The van der Waals surface area contributed by atoms with Gasteiger partial charge in [-0.3, -0.25) is 0 Å². The lowest BCUT2D eigenvalue weighted by Gasteiger charge is -2.10. The van der Waals surface area contributed by atoms with Crippen LogP contribution in [0.2, 0.25) is 0 Å². The molecule has 0 amide bonds. The van der Waals surface area contributed by atoms with Crippen molar-refractivity contribution in [3.63, 3.8) is 0 Å². The van der Waals surface area contributed by atoms with Crippen molar-refractivity contribution in [3.05, 3.63) is 65.9 Å². The Kier molecular flexibility index (Phi) is 9.13. The van der Waals surface area contributed by atoms with Crippen molar-refractivity contribution < 1.29 is 13.2 Å². The summed E-state index contributed by atoms with van der Waals surface area (Å²) in [5, 5.41) is 1.08. The second-order valence-corrected chi connectivity index (χ2v) is 6.36. The third-order valence-electron chi connectivity index (χ3n) is 3.63. The molecule has 2 aromatic carbocycles. The van der Waals surface area contributed by atoms with Crippen LogP contribution in [0.1, 0.15) is 58.6 Å². The molecular formula is C23H30F3N. The van der Waals surface area contributed by atoms with E-state index in [2.05, 4.69) is 27.7 Å². The van der Waals surface area contributed by atoms with Crippen LogP contribution in [0.25, 0.3) is 16.6 Å². The second-order valence-electron chi connectivity index (χ2n) is 6.36. The average molecular weight is 377 g/mol. The van der Waals surface area contributed by atoms with Crippen molar-refractivity contribution in [2.75, 3.05) is 0 Å². The summed E-state index contributed by atoms with van der Waals surface area (Å²) in [4.78, 5) is 0. The minimum absolute atomic E-state index is 0.528. The van der Waals surface area contributed by atoms with Crippen LogP contribution >= 0.6 is 0 Å². The first-order valence-electron chi connectivity index (χ1n) is 9.60. The van der Waals surface area contributed by atoms with E-state index in [-0.39, 0.29) is 0 Å². The molecule has 3 aromatic rings. The van der Waals surface area contributed by atoms with Crippen molar-refractivity contribution in [2.24, 2.45) is 0 Å². The molecule has 0 saturated carbocycles. The monoisotopic (exact) mass is 377 g/mol. The van der Waals surface area contributed by atoms with Crippen LogP contribution in [0.5, 0.6) is 0 Å². The van der Waals surface area contributed by atoms with Gasteiger partial charge in [0.25, 0.3) is 0 Å². The molecule has 1 heterocycles. The maximum absolute atomic E-state index is 12.9. The predicted molar refractivity (Wildman–Crippen MR) is 110 cm³/mol. The summed E-state index contributed by atoms with van der Waals surface area (Å²) in [7, 11) is 0. The molecule has 0 spiro atoms. The highest BCUT2D eigenvalue weighted by Crippen LogP contribution is 2.32. The molecule has 0 saturated heterocycles. The van der Waals surface area contributed by atoms with Crippen LogP contribution in [0.3, 0.4) is 0 Å². The summed E-state index contributed by atoms with van der Waals surface area (Å²) in [6.45, 7) is 10.5. The van der Waals surface area contributed by atoms with Crippen LogP contribution in [0.15, 0.2) is 54.7 Å². The van der Waals surface area contributed by atoms with Crippen molar-refractivity contribution >= 4 is 10.9 Å². The Morgan fingerprint density at radius 1 is 0.815 bits per heavy atom. The number of halogens is 3. The molecule has 0 radical (unpaired) electrons. The van der Waals surface area contributed by atoms with Crippen molar-refractivity contribution in [3.8, 4) is 5.69 Å². The minimum Gasteiger partial charge on any atom is -0.316 e. The molecule has 0 N–H and O–H groups in total. The van der Waals surface area contributed by atoms with Gasteiger partial charge in [-0.05, 0) is 36.2 Å². The summed E-state index contributed by atoms with van der Waals surface area (Å²) in [6.07, 6.45) is 0.930. The molecule has 1 nitrogen and oxygen atoms in total. The molecular weight excluding hydrogens is 347 g/mol. The van der Waals surface area contributed by atoms with Gasteiger partial charge in [-0.25, -0.2) is 0 Å². The first kappa shape index (κ1) is 22.8. The average Bonchev–Trinajstić information content (AvgIpc) is 3.01. The van der Waals surface area contributed by atoms with Gasteiger partial charge in [-0.2, -0.15) is 13.2 Å². The lowest BCUT2D eigenvalue weighted by atomic mass is 10.1. The van der Waals surface area contributed by atoms with E-state index >= 15 is 0 Å². The smallest absolute Gasteiger partial charge is 0.316 e. The lowest BCUT2D eigenvalue weighted by molar-refractivity contribution is -0.137. The van der Waals surface area contributed by atoms with Gasteiger partial charge in [0, 0.05) is 17.3 Å². The molecule has 0 bridgehead atoms. The van der Waals surface area contributed by atoms with Gasteiger partial charge in [0.05, 0.1) is 11.1 Å². The fraction of sp³-hybridized carbons (Fsp3) is 0.391. The summed E-state index contributed by atoms with van der Waals surface area (Å²) in [5.41, 5.74) is 1.95. The van der Waals surface area contributed by atoms with Crippen LogP contribution in [-0.2, 0) is 12.6 Å². The number of hydrogen-bond acceptors (Lipinski definition) is 0. The highest BCUT2D eigenvalue weighted by Gasteiger charge is 2.30. The zero-order chi connectivity index (χ0) is 20.4. The van der Waals surface area contributed by atoms with E-state index in [4.69, 9.17) is 0 Å². The number of para-hydroxylation sites is 1. The summed E-state index contributed by atoms with van der Waals surface area (Å²) < 4.78 is 40.4. The van der Waals surface area contributed by atoms with Crippen molar-refractivity contribution in [1.29, 1.82) is 0 Å². The third kappa shape index (κ3) is 6.16. The number of aromatic nitrogens is 1. The number of alkyl halides is 3. The van der Waals surface area contributed by atoms with Crippen LogP contribution in [-0.4, -0.2) is 4.57 Å². The fourth-order valence-electron chi connectivity index (χ4n) is 2.58. The Morgan fingerprint density at radius 3 is 1.96 bits per heavy atom. The van der Waals surface area contributed by atoms with E-state index in [1.54, 1.807) is 6.07 Å². The maximum atomic E-state index is 12.9. The normalized spacial score (nSPS) is 10.7. The highest BCUT2D eigenvalue weighted by molar-refractivity contribution is 5.85. The topological polar surface area (TPSA) is 4.93 Å². The third-order valence-corrected chi connectivity index (χ3v) is 3.63. The Labute approximate surface area is 160 Å². The van der Waals surface area contributed by atoms with Crippen molar-refractivity contribution in [1.82, 2.24) is 4.57 Å². The number of aryl methyl sites for hydroxylation is 1. The molecule has 0 atom stereocenters. The van der Waals surface area contributed by atoms with Crippen LogP contribution in [0, 0.1) is 0 Å². The Morgan fingerprint density at radius 2 is 1.41 bits per heavy atom. The van der Waals surface area contributed by atoms with Crippen LogP contribution in [0.4, 0.5) is 13.2 Å². The molecule has 1 aromatic heterocycles. The Balaban J connectivity index is 0.000000540. The van der Waals surface area contributed by atoms with Gasteiger partial charge in [0.15, 0.2) is 0 Å². The molecule has 0 aliphatic rings. The fourth-order valence-corrected chi connectivity index (χ4v) is 2.58.